The van der Waals surface area contributed by atoms with Crippen LogP contribution in [0, 0.1) is 12.8 Å². The molecule has 0 bridgehead atoms. The van der Waals surface area contributed by atoms with E-state index in [1.54, 1.807) is 48.3 Å². The molecular weight excluding hydrogens is 440 g/mol. The highest BCUT2D eigenvalue weighted by Crippen LogP contribution is 2.31. The minimum absolute atomic E-state index is 0.0110. The lowest BCUT2D eigenvalue weighted by molar-refractivity contribution is -0.117. The normalized spacial score (nSPS) is 12.8. The molecule has 1 aliphatic rings. The van der Waals surface area contributed by atoms with E-state index in [0.717, 1.165) is 18.4 Å². The van der Waals surface area contributed by atoms with Crippen molar-refractivity contribution in [2.24, 2.45) is 13.0 Å². The highest BCUT2D eigenvalue weighted by Gasteiger charge is 2.29. The van der Waals surface area contributed by atoms with Crippen molar-refractivity contribution in [2.45, 2.75) is 24.9 Å². The van der Waals surface area contributed by atoms with Crippen molar-refractivity contribution >= 4 is 46.5 Å². The lowest BCUT2D eigenvalue weighted by atomic mass is 10.1. The van der Waals surface area contributed by atoms with E-state index >= 15 is 0 Å². The number of carbonyl (C=O) groups is 3. The summed E-state index contributed by atoms with van der Waals surface area (Å²) in [5.41, 5.74) is 3.06. The molecule has 3 N–H and O–H groups in total. The molecular formula is C23H24N6O3S. The van der Waals surface area contributed by atoms with Crippen LogP contribution in [0.2, 0.25) is 0 Å². The van der Waals surface area contributed by atoms with Gasteiger partial charge in [0.15, 0.2) is 5.16 Å². The molecule has 0 unspecified atom stereocenters. The van der Waals surface area contributed by atoms with Gasteiger partial charge in [0, 0.05) is 35.6 Å². The molecule has 2 aromatic carbocycles. The number of benzene rings is 2. The van der Waals surface area contributed by atoms with Gasteiger partial charge in [-0.3, -0.25) is 14.4 Å². The summed E-state index contributed by atoms with van der Waals surface area (Å²) in [7, 11) is 1.81. The third-order valence-corrected chi connectivity index (χ3v) is 6.15. The van der Waals surface area contributed by atoms with E-state index in [-0.39, 0.29) is 29.4 Å². The molecule has 1 saturated carbocycles. The van der Waals surface area contributed by atoms with Crippen LogP contribution in [0.4, 0.5) is 17.1 Å². The van der Waals surface area contributed by atoms with Crippen LogP contribution in [0.1, 0.15) is 28.8 Å². The Balaban J connectivity index is 1.37. The molecule has 1 aliphatic carbocycles. The summed E-state index contributed by atoms with van der Waals surface area (Å²) >= 11 is 1.27. The monoisotopic (exact) mass is 464 g/mol. The Kier molecular flexibility index (Phi) is 6.74. The number of aryl methyl sites for hydroxylation is 2. The lowest BCUT2D eigenvalue weighted by Gasteiger charge is -2.12. The van der Waals surface area contributed by atoms with Crippen molar-refractivity contribution in [1.82, 2.24) is 14.8 Å². The quantitative estimate of drug-likeness (QED) is 0.440. The van der Waals surface area contributed by atoms with Crippen molar-refractivity contribution in [3.8, 4) is 0 Å². The Hall–Kier alpha value is -3.66. The smallest absolute Gasteiger partial charge is 0.255 e. The van der Waals surface area contributed by atoms with Crippen LogP contribution in [0.25, 0.3) is 0 Å². The highest BCUT2D eigenvalue weighted by molar-refractivity contribution is 7.99. The van der Waals surface area contributed by atoms with Gasteiger partial charge in [-0.1, -0.05) is 23.9 Å². The second kappa shape index (κ2) is 9.86. The zero-order chi connectivity index (χ0) is 23.4. The Labute approximate surface area is 195 Å². The van der Waals surface area contributed by atoms with Crippen molar-refractivity contribution in [3.05, 3.63) is 59.9 Å². The van der Waals surface area contributed by atoms with Gasteiger partial charge in [-0.15, -0.1) is 10.2 Å². The van der Waals surface area contributed by atoms with Gasteiger partial charge in [0.1, 0.15) is 6.33 Å². The minimum Gasteiger partial charge on any atom is -0.326 e. The average molecular weight is 465 g/mol. The fourth-order valence-electron chi connectivity index (χ4n) is 3.09. The zero-order valence-corrected chi connectivity index (χ0v) is 19.1. The van der Waals surface area contributed by atoms with E-state index in [1.807, 2.05) is 19.1 Å². The summed E-state index contributed by atoms with van der Waals surface area (Å²) in [6, 6.07) is 12.1. The number of anilines is 3. The topological polar surface area (TPSA) is 118 Å². The predicted molar refractivity (Wildman–Crippen MR) is 127 cm³/mol. The maximum absolute atomic E-state index is 12.8. The molecule has 0 aliphatic heterocycles. The summed E-state index contributed by atoms with van der Waals surface area (Å²) in [6.45, 7) is 1.88. The summed E-state index contributed by atoms with van der Waals surface area (Å²) in [5.74, 6) is -0.247. The standard InChI is InChI=1S/C23H24N6O3S/c1-14-6-9-18(26-21(31)15-7-8-15)11-19(14)27-22(32)16-4-3-5-17(10-16)25-20(30)12-33-23-28-24-13-29(23)2/h3-6,9-11,13,15H,7-8,12H2,1-2H3,(H,25,30)(H,26,31)(H,27,32). The number of thioether (sulfide) groups is 1. The summed E-state index contributed by atoms with van der Waals surface area (Å²) in [6.07, 6.45) is 3.42. The van der Waals surface area contributed by atoms with Crippen LogP contribution in [0.3, 0.4) is 0 Å². The first-order valence-corrected chi connectivity index (χ1v) is 11.5. The molecule has 170 valence electrons. The Bertz CT molecular complexity index is 1200. The Morgan fingerprint density at radius 1 is 1.06 bits per heavy atom. The number of hydrogen-bond donors (Lipinski definition) is 3. The predicted octanol–water partition coefficient (Wildman–Crippen LogP) is 3.46. The maximum atomic E-state index is 12.8. The van der Waals surface area contributed by atoms with Gasteiger partial charge in [-0.2, -0.15) is 0 Å². The maximum Gasteiger partial charge on any atom is 0.255 e. The number of nitrogens with zero attached hydrogens (tertiary/aromatic N) is 3. The van der Waals surface area contributed by atoms with Gasteiger partial charge in [0.05, 0.1) is 5.75 Å². The molecule has 33 heavy (non-hydrogen) atoms. The fraction of sp³-hybridized carbons (Fsp3) is 0.261. The first-order chi connectivity index (χ1) is 15.9. The number of carbonyl (C=O) groups excluding carboxylic acids is 3. The first-order valence-electron chi connectivity index (χ1n) is 10.5. The van der Waals surface area contributed by atoms with E-state index < -0.39 is 0 Å². The largest absolute Gasteiger partial charge is 0.326 e. The van der Waals surface area contributed by atoms with Crippen LogP contribution in [-0.2, 0) is 16.6 Å². The number of aromatic nitrogens is 3. The molecule has 0 atom stereocenters. The van der Waals surface area contributed by atoms with Crippen LogP contribution in [0.5, 0.6) is 0 Å². The molecule has 4 rings (SSSR count). The van der Waals surface area contributed by atoms with E-state index in [0.29, 0.717) is 27.8 Å². The van der Waals surface area contributed by atoms with Gasteiger partial charge in [-0.05, 0) is 55.7 Å². The molecule has 10 heteroatoms. The van der Waals surface area contributed by atoms with Crippen molar-refractivity contribution in [1.29, 1.82) is 0 Å². The van der Waals surface area contributed by atoms with Gasteiger partial charge in [-0.25, -0.2) is 0 Å². The molecule has 0 radical (unpaired) electrons. The molecule has 0 saturated heterocycles. The molecule has 1 fully saturated rings. The lowest BCUT2D eigenvalue weighted by Crippen LogP contribution is -2.17. The average Bonchev–Trinajstić information content (AvgIpc) is 3.57. The van der Waals surface area contributed by atoms with Crippen molar-refractivity contribution in [3.63, 3.8) is 0 Å². The number of amides is 3. The summed E-state index contributed by atoms with van der Waals surface area (Å²) in [5, 5.41) is 16.9. The second-order valence-electron chi connectivity index (χ2n) is 7.89. The third kappa shape index (κ3) is 5.98. The second-order valence-corrected chi connectivity index (χ2v) is 8.83. The number of hydrogen-bond acceptors (Lipinski definition) is 6. The van der Waals surface area contributed by atoms with E-state index in [2.05, 4.69) is 26.1 Å². The molecule has 1 aromatic heterocycles. The molecule has 1 heterocycles. The van der Waals surface area contributed by atoms with Crippen molar-refractivity contribution in [2.75, 3.05) is 21.7 Å². The number of nitrogens with one attached hydrogen (secondary N) is 3. The minimum atomic E-state index is -0.312. The first kappa shape index (κ1) is 22.5. The van der Waals surface area contributed by atoms with E-state index in [1.165, 1.54) is 11.8 Å². The van der Waals surface area contributed by atoms with Gasteiger partial charge < -0.3 is 20.5 Å². The van der Waals surface area contributed by atoms with Gasteiger partial charge in [0.2, 0.25) is 11.8 Å². The number of rotatable bonds is 8. The fourth-order valence-corrected chi connectivity index (χ4v) is 3.78. The summed E-state index contributed by atoms with van der Waals surface area (Å²) in [4.78, 5) is 37.2. The van der Waals surface area contributed by atoms with Crippen molar-refractivity contribution < 1.29 is 14.4 Å². The van der Waals surface area contributed by atoms with Crippen LogP contribution in [-0.4, -0.2) is 38.2 Å². The SMILES string of the molecule is Cc1ccc(NC(=O)C2CC2)cc1NC(=O)c1cccc(NC(=O)CSc2nncn2C)c1. The van der Waals surface area contributed by atoms with Crippen LogP contribution < -0.4 is 16.0 Å². The van der Waals surface area contributed by atoms with Crippen LogP contribution >= 0.6 is 11.8 Å². The Morgan fingerprint density at radius 3 is 2.58 bits per heavy atom. The Morgan fingerprint density at radius 2 is 1.85 bits per heavy atom. The molecule has 3 amide bonds. The van der Waals surface area contributed by atoms with E-state index in [9.17, 15) is 14.4 Å². The van der Waals surface area contributed by atoms with E-state index in [4.69, 9.17) is 0 Å². The highest BCUT2D eigenvalue weighted by atomic mass is 32.2. The zero-order valence-electron chi connectivity index (χ0n) is 18.3. The molecule has 0 spiro atoms. The molecule has 3 aromatic rings. The molecule has 9 nitrogen and oxygen atoms in total. The van der Waals surface area contributed by atoms with Gasteiger partial charge >= 0.3 is 0 Å². The summed E-state index contributed by atoms with van der Waals surface area (Å²) < 4.78 is 1.73. The van der Waals surface area contributed by atoms with Gasteiger partial charge in [0.25, 0.3) is 5.91 Å². The van der Waals surface area contributed by atoms with Crippen LogP contribution in [0.15, 0.2) is 53.9 Å². The third-order valence-electron chi connectivity index (χ3n) is 5.11.